The molecule has 0 saturated carbocycles. The first-order valence-electron chi connectivity index (χ1n) is 3.85. The van der Waals surface area contributed by atoms with Crippen molar-refractivity contribution in [3.63, 3.8) is 0 Å². The Kier molecular flexibility index (Phi) is 2.81. The Balaban J connectivity index is 2.45. The maximum atomic E-state index is 11.0. The lowest BCUT2D eigenvalue weighted by Gasteiger charge is -2.03. The Morgan fingerprint density at radius 2 is 2.17 bits per heavy atom. The van der Waals surface area contributed by atoms with Crippen molar-refractivity contribution in [1.82, 2.24) is 0 Å². The number of hydrogen-bond donors (Lipinski definition) is 0. The SMILES string of the molecule is COC(=O)[C@@H]1CO[C@@H](C(C)=O)C1. The average Bonchev–Trinajstić information content (AvgIpc) is 2.51. The van der Waals surface area contributed by atoms with Crippen molar-refractivity contribution < 1.29 is 19.1 Å². The molecule has 0 unspecified atom stereocenters. The second-order valence-electron chi connectivity index (χ2n) is 2.89. The van der Waals surface area contributed by atoms with Crippen LogP contribution in [0.5, 0.6) is 0 Å². The van der Waals surface area contributed by atoms with Crippen LogP contribution in [0.25, 0.3) is 0 Å². The van der Waals surface area contributed by atoms with Crippen molar-refractivity contribution in [3.05, 3.63) is 0 Å². The molecule has 1 fully saturated rings. The molecule has 0 aromatic heterocycles. The zero-order valence-corrected chi connectivity index (χ0v) is 7.20. The van der Waals surface area contributed by atoms with E-state index in [2.05, 4.69) is 4.74 Å². The predicted molar refractivity (Wildman–Crippen MR) is 40.5 cm³/mol. The molecule has 1 rings (SSSR count). The number of rotatable bonds is 2. The Hall–Kier alpha value is -0.900. The lowest BCUT2D eigenvalue weighted by molar-refractivity contribution is -0.145. The first kappa shape index (κ1) is 9.19. The van der Waals surface area contributed by atoms with Crippen molar-refractivity contribution in [2.24, 2.45) is 5.92 Å². The van der Waals surface area contributed by atoms with Gasteiger partial charge in [-0.05, 0) is 13.3 Å². The van der Waals surface area contributed by atoms with E-state index in [1.54, 1.807) is 0 Å². The molecule has 1 saturated heterocycles. The first-order chi connectivity index (χ1) is 5.65. The molecule has 1 heterocycles. The van der Waals surface area contributed by atoms with Gasteiger partial charge >= 0.3 is 5.97 Å². The minimum Gasteiger partial charge on any atom is -0.469 e. The van der Waals surface area contributed by atoms with E-state index in [9.17, 15) is 9.59 Å². The fourth-order valence-corrected chi connectivity index (χ4v) is 1.24. The zero-order valence-electron chi connectivity index (χ0n) is 7.20. The third-order valence-electron chi connectivity index (χ3n) is 1.99. The van der Waals surface area contributed by atoms with Crippen LogP contribution in [0.2, 0.25) is 0 Å². The molecule has 0 aromatic rings. The van der Waals surface area contributed by atoms with E-state index in [0.29, 0.717) is 13.0 Å². The van der Waals surface area contributed by atoms with E-state index >= 15 is 0 Å². The van der Waals surface area contributed by atoms with E-state index < -0.39 is 6.10 Å². The minimum atomic E-state index is -0.408. The summed E-state index contributed by atoms with van der Waals surface area (Å²) in [7, 11) is 1.34. The van der Waals surface area contributed by atoms with Gasteiger partial charge in [0.2, 0.25) is 0 Å². The molecule has 1 aliphatic heterocycles. The third kappa shape index (κ3) is 1.82. The number of methoxy groups -OCH3 is 1. The summed E-state index contributed by atoms with van der Waals surface area (Å²) < 4.78 is 9.63. The van der Waals surface area contributed by atoms with Crippen LogP contribution < -0.4 is 0 Å². The number of ketones is 1. The average molecular weight is 172 g/mol. The van der Waals surface area contributed by atoms with Gasteiger partial charge in [0, 0.05) is 0 Å². The second kappa shape index (κ2) is 3.67. The largest absolute Gasteiger partial charge is 0.469 e. The van der Waals surface area contributed by atoms with E-state index in [0.717, 1.165) is 0 Å². The number of hydrogen-bond acceptors (Lipinski definition) is 4. The fraction of sp³-hybridized carbons (Fsp3) is 0.750. The molecular weight excluding hydrogens is 160 g/mol. The molecule has 2 atom stereocenters. The summed E-state index contributed by atoms with van der Waals surface area (Å²) in [6, 6.07) is 0. The van der Waals surface area contributed by atoms with E-state index in [1.807, 2.05) is 0 Å². The fourth-order valence-electron chi connectivity index (χ4n) is 1.24. The summed E-state index contributed by atoms with van der Waals surface area (Å²) in [6.07, 6.45) is 0.0521. The van der Waals surface area contributed by atoms with E-state index in [1.165, 1.54) is 14.0 Å². The smallest absolute Gasteiger partial charge is 0.311 e. The lowest BCUT2D eigenvalue weighted by atomic mass is 10.0. The highest BCUT2D eigenvalue weighted by Gasteiger charge is 2.33. The number of carbonyl (C=O) groups excluding carboxylic acids is 2. The number of Topliss-reactive ketones (excluding diaryl/α,β-unsaturated/α-hetero) is 1. The monoisotopic (exact) mass is 172 g/mol. The Morgan fingerprint density at radius 1 is 1.50 bits per heavy atom. The maximum Gasteiger partial charge on any atom is 0.311 e. The molecule has 68 valence electrons. The van der Waals surface area contributed by atoms with E-state index in [4.69, 9.17) is 4.74 Å². The highest BCUT2D eigenvalue weighted by Crippen LogP contribution is 2.20. The van der Waals surface area contributed by atoms with Gasteiger partial charge in [0.25, 0.3) is 0 Å². The third-order valence-corrected chi connectivity index (χ3v) is 1.99. The second-order valence-corrected chi connectivity index (χ2v) is 2.89. The van der Waals surface area contributed by atoms with Crippen molar-refractivity contribution in [2.75, 3.05) is 13.7 Å². The molecule has 12 heavy (non-hydrogen) atoms. The highest BCUT2D eigenvalue weighted by molar-refractivity contribution is 5.82. The molecule has 0 aromatic carbocycles. The number of esters is 1. The quantitative estimate of drug-likeness (QED) is 0.556. The molecular formula is C8H12O4. The van der Waals surface area contributed by atoms with Gasteiger partial charge in [0.05, 0.1) is 19.6 Å². The van der Waals surface area contributed by atoms with Crippen molar-refractivity contribution >= 4 is 11.8 Å². The van der Waals surface area contributed by atoms with Gasteiger partial charge in [-0.25, -0.2) is 0 Å². The Bertz CT molecular complexity index is 199. The summed E-state index contributed by atoms with van der Waals surface area (Å²) in [5.74, 6) is -0.580. The standard InChI is InChI=1S/C8H12O4/c1-5(9)7-3-6(4-12-7)8(10)11-2/h6-7H,3-4H2,1-2H3/t6-,7+/m0/s1. The minimum absolute atomic E-state index is 0.0265. The van der Waals surface area contributed by atoms with Crippen LogP contribution in [-0.4, -0.2) is 31.6 Å². The van der Waals surface area contributed by atoms with Gasteiger partial charge in [-0.3, -0.25) is 9.59 Å². The molecule has 4 nitrogen and oxygen atoms in total. The molecule has 4 heteroatoms. The summed E-state index contributed by atoms with van der Waals surface area (Å²) in [5.41, 5.74) is 0. The topological polar surface area (TPSA) is 52.6 Å². The molecule has 0 aliphatic carbocycles. The molecule has 0 bridgehead atoms. The van der Waals surface area contributed by atoms with Crippen LogP contribution in [0, 0.1) is 5.92 Å². The zero-order chi connectivity index (χ0) is 9.14. The summed E-state index contributed by atoms with van der Waals surface area (Å²) >= 11 is 0. The van der Waals surface area contributed by atoms with E-state index in [-0.39, 0.29) is 17.7 Å². The molecule has 1 aliphatic rings. The van der Waals surface area contributed by atoms with Gasteiger partial charge in [0.15, 0.2) is 5.78 Å². The molecule has 0 N–H and O–H groups in total. The predicted octanol–water partition coefficient (Wildman–Crippen LogP) is 0.153. The first-order valence-corrected chi connectivity index (χ1v) is 3.85. The van der Waals surface area contributed by atoms with Crippen LogP contribution >= 0.6 is 0 Å². The van der Waals surface area contributed by atoms with Gasteiger partial charge < -0.3 is 9.47 Å². The normalized spacial score (nSPS) is 28.5. The Morgan fingerprint density at radius 3 is 2.58 bits per heavy atom. The molecule has 0 spiro atoms. The van der Waals surface area contributed by atoms with Crippen molar-refractivity contribution in [2.45, 2.75) is 19.4 Å². The van der Waals surface area contributed by atoms with Crippen LogP contribution in [-0.2, 0) is 19.1 Å². The van der Waals surface area contributed by atoms with Crippen molar-refractivity contribution in [1.29, 1.82) is 0 Å². The van der Waals surface area contributed by atoms with Gasteiger partial charge in [-0.15, -0.1) is 0 Å². The molecule has 0 amide bonds. The maximum absolute atomic E-state index is 11.0. The lowest BCUT2D eigenvalue weighted by Crippen LogP contribution is -2.18. The van der Waals surface area contributed by atoms with Crippen LogP contribution in [0.15, 0.2) is 0 Å². The van der Waals surface area contributed by atoms with Crippen molar-refractivity contribution in [3.8, 4) is 0 Å². The van der Waals surface area contributed by atoms with Crippen LogP contribution in [0.1, 0.15) is 13.3 Å². The highest BCUT2D eigenvalue weighted by atomic mass is 16.5. The number of ether oxygens (including phenoxy) is 2. The molecule has 0 radical (unpaired) electrons. The Labute approximate surface area is 70.8 Å². The number of carbonyl (C=O) groups is 2. The van der Waals surface area contributed by atoms with Crippen LogP contribution in [0.3, 0.4) is 0 Å². The van der Waals surface area contributed by atoms with Gasteiger partial charge in [-0.2, -0.15) is 0 Å². The summed E-state index contributed by atoms with van der Waals surface area (Å²) in [5, 5.41) is 0. The van der Waals surface area contributed by atoms with Gasteiger partial charge in [0.1, 0.15) is 6.10 Å². The summed E-state index contributed by atoms with van der Waals surface area (Å²) in [4.78, 5) is 21.8. The van der Waals surface area contributed by atoms with Gasteiger partial charge in [-0.1, -0.05) is 0 Å². The van der Waals surface area contributed by atoms with Crippen LogP contribution in [0.4, 0.5) is 0 Å². The summed E-state index contributed by atoms with van der Waals surface area (Å²) in [6.45, 7) is 1.77.